The summed E-state index contributed by atoms with van der Waals surface area (Å²) in [5.74, 6) is -0.589. The average Bonchev–Trinajstić information content (AvgIpc) is 2.76. The number of morpholine rings is 1. The zero-order valence-electron chi connectivity index (χ0n) is 16.1. The van der Waals surface area contributed by atoms with Gasteiger partial charge in [0.25, 0.3) is 17.4 Å². The van der Waals surface area contributed by atoms with Gasteiger partial charge in [0, 0.05) is 31.9 Å². The summed E-state index contributed by atoms with van der Waals surface area (Å²) in [5, 5.41) is 4.62. The Labute approximate surface area is 167 Å². The van der Waals surface area contributed by atoms with Gasteiger partial charge in [0.05, 0.1) is 18.8 Å². The number of fused-ring (bicyclic) bond motifs is 1. The van der Waals surface area contributed by atoms with Crippen molar-refractivity contribution in [1.82, 2.24) is 9.47 Å². The third kappa shape index (κ3) is 3.90. The van der Waals surface area contributed by atoms with Crippen molar-refractivity contribution in [3.8, 4) is 0 Å². The first-order valence-corrected chi connectivity index (χ1v) is 9.41. The second-order valence-corrected chi connectivity index (χ2v) is 6.98. The first-order chi connectivity index (χ1) is 14.0. The molecule has 7 heteroatoms. The van der Waals surface area contributed by atoms with Crippen LogP contribution in [0.5, 0.6) is 0 Å². The topological polar surface area (TPSA) is 80.6 Å². The zero-order chi connectivity index (χ0) is 20.4. The molecular weight excluding hydrogens is 370 g/mol. The third-order valence-corrected chi connectivity index (χ3v) is 4.99. The fourth-order valence-corrected chi connectivity index (χ4v) is 3.39. The quantitative estimate of drug-likeness (QED) is 0.743. The molecular formula is C22H21N3O4. The molecule has 0 radical (unpaired) electrons. The van der Waals surface area contributed by atoms with Gasteiger partial charge in [0.1, 0.15) is 5.69 Å². The summed E-state index contributed by atoms with van der Waals surface area (Å²) >= 11 is 0. The fraction of sp³-hybridized carbons (Fsp3) is 0.227. The molecule has 4 rings (SSSR count). The Bertz CT molecular complexity index is 1150. The minimum Gasteiger partial charge on any atom is -0.378 e. The molecule has 0 unspecified atom stereocenters. The maximum atomic E-state index is 12.8. The van der Waals surface area contributed by atoms with Crippen molar-refractivity contribution in [2.45, 2.75) is 0 Å². The molecule has 2 amide bonds. The van der Waals surface area contributed by atoms with Gasteiger partial charge in [-0.15, -0.1) is 0 Å². The van der Waals surface area contributed by atoms with Gasteiger partial charge in [-0.1, -0.05) is 30.3 Å². The number of hydrogen-bond donors (Lipinski definition) is 1. The van der Waals surface area contributed by atoms with Gasteiger partial charge in [-0.25, -0.2) is 0 Å². The van der Waals surface area contributed by atoms with Crippen LogP contribution in [0.25, 0.3) is 10.8 Å². The normalized spacial score (nSPS) is 14.0. The molecule has 0 aliphatic carbocycles. The summed E-state index contributed by atoms with van der Waals surface area (Å²) < 4.78 is 6.59. The number of aryl methyl sites for hydroxylation is 1. The van der Waals surface area contributed by atoms with E-state index in [2.05, 4.69) is 5.32 Å². The highest BCUT2D eigenvalue weighted by Gasteiger charge is 2.21. The minimum absolute atomic E-state index is 0.0739. The summed E-state index contributed by atoms with van der Waals surface area (Å²) in [6, 6.07) is 14.5. The van der Waals surface area contributed by atoms with E-state index in [9.17, 15) is 14.4 Å². The van der Waals surface area contributed by atoms with Gasteiger partial charge >= 0.3 is 0 Å². The van der Waals surface area contributed by atoms with E-state index in [0.29, 0.717) is 37.4 Å². The molecule has 7 nitrogen and oxygen atoms in total. The molecule has 1 N–H and O–H groups in total. The lowest BCUT2D eigenvalue weighted by atomic mass is 10.1. The Morgan fingerprint density at radius 2 is 1.69 bits per heavy atom. The Balaban J connectivity index is 1.61. The molecule has 3 aromatic rings. The largest absolute Gasteiger partial charge is 0.378 e. The number of nitrogens with zero attached hydrogens (tertiary/aromatic N) is 2. The molecule has 0 atom stereocenters. The van der Waals surface area contributed by atoms with Crippen LogP contribution >= 0.6 is 0 Å². The van der Waals surface area contributed by atoms with Gasteiger partial charge in [-0.2, -0.15) is 0 Å². The lowest BCUT2D eigenvalue weighted by Crippen LogP contribution is -2.41. The van der Waals surface area contributed by atoms with Crippen LogP contribution in [-0.4, -0.2) is 47.6 Å². The summed E-state index contributed by atoms with van der Waals surface area (Å²) in [4.78, 5) is 39.7. The van der Waals surface area contributed by atoms with E-state index in [-0.39, 0.29) is 17.2 Å². The fourth-order valence-electron chi connectivity index (χ4n) is 3.39. The lowest BCUT2D eigenvalue weighted by Gasteiger charge is -2.27. The van der Waals surface area contributed by atoms with E-state index in [0.717, 1.165) is 10.8 Å². The van der Waals surface area contributed by atoms with E-state index in [1.807, 2.05) is 30.3 Å². The van der Waals surface area contributed by atoms with Gasteiger partial charge in [0.15, 0.2) is 0 Å². The first-order valence-electron chi connectivity index (χ1n) is 9.41. The second kappa shape index (κ2) is 7.89. The number of benzene rings is 2. The standard InChI is InChI=1S/C22H21N3O4/c1-24-14-18(21(27)25-8-10-29-11-9-25)13-19(22(24)28)23-20(26)17-7-6-15-4-2-3-5-16(15)12-17/h2-7,12-14H,8-11H2,1H3,(H,23,26). The molecule has 29 heavy (non-hydrogen) atoms. The maximum Gasteiger partial charge on any atom is 0.274 e. The number of amides is 2. The van der Waals surface area contributed by atoms with E-state index < -0.39 is 5.91 Å². The predicted octanol–water partition coefficient (Wildman–Crippen LogP) is 2.26. The van der Waals surface area contributed by atoms with Crippen molar-refractivity contribution in [3.05, 3.63) is 76.2 Å². The van der Waals surface area contributed by atoms with Crippen LogP contribution in [-0.2, 0) is 11.8 Å². The first kappa shape index (κ1) is 18.9. The number of carbonyl (C=O) groups excluding carboxylic acids is 2. The van der Waals surface area contributed by atoms with Crippen LogP contribution in [0.15, 0.2) is 59.5 Å². The Kier molecular flexibility index (Phi) is 5.14. The van der Waals surface area contributed by atoms with Crippen molar-refractivity contribution in [1.29, 1.82) is 0 Å². The van der Waals surface area contributed by atoms with Gasteiger partial charge in [-0.05, 0) is 29.0 Å². The number of hydrogen-bond acceptors (Lipinski definition) is 4. The molecule has 1 aromatic heterocycles. The smallest absolute Gasteiger partial charge is 0.274 e. The number of carbonyl (C=O) groups is 2. The predicted molar refractivity (Wildman–Crippen MR) is 110 cm³/mol. The van der Waals surface area contributed by atoms with E-state index in [1.54, 1.807) is 24.1 Å². The molecule has 0 spiro atoms. The monoisotopic (exact) mass is 391 g/mol. The van der Waals surface area contributed by atoms with Crippen LogP contribution in [0.1, 0.15) is 20.7 Å². The van der Waals surface area contributed by atoms with Crippen LogP contribution in [0.3, 0.4) is 0 Å². The van der Waals surface area contributed by atoms with E-state index >= 15 is 0 Å². The van der Waals surface area contributed by atoms with Crippen molar-refractivity contribution in [2.75, 3.05) is 31.6 Å². The molecule has 148 valence electrons. The zero-order valence-corrected chi connectivity index (χ0v) is 16.1. The Morgan fingerprint density at radius 1 is 0.966 bits per heavy atom. The molecule has 1 fully saturated rings. The summed E-state index contributed by atoms with van der Waals surface area (Å²) in [6.07, 6.45) is 1.49. The highest BCUT2D eigenvalue weighted by molar-refractivity contribution is 6.07. The third-order valence-electron chi connectivity index (χ3n) is 4.99. The number of pyridine rings is 1. The number of rotatable bonds is 3. The van der Waals surface area contributed by atoms with Crippen LogP contribution in [0.4, 0.5) is 5.69 Å². The number of anilines is 1. The van der Waals surface area contributed by atoms with Gasteiger partial charge in [-0.3, -0.25) is 14.4 Å². The minimum atomic E-state index is -0.399. The van der Waals surface area contributed by atoms with Crippen molar-refractivity contribution in [2.24, 2.45) is 7.05 Å². The summed E-state index contributed by atoms with van der Waals surface area (Å²) in [6.45, 7) is 1.98. The van der Waals surface area contributed by atoms with Crippen molar-refractivity contribution in [3.63, 3.8) is 0 Å². The molecule has 2 heterocycles. The second-order valence-electron chi connectivity index (χ2n) is 6.98. The van der Waals surface area contributed by atoms with Crippen molar-refractivity contribution >= 4 is 28.3 Å². The molecule has 0 saturated carbocycles. The summed E-state index contributed by atoms with van der Waals surface area (Å²) in [7, 11) is 1.56. The number of ether oxygens (including phenoxy) is 1. The molecule has 0 bridgehead atoms. The Hall–Kier alpha value is -3.45. The van der Waals surface area contributed by atoms with Crippen LogP contribution in [0.2, 0.25) is 0 Å². The lowest BCUT2D eigenvalue weighted by molar-refractivity contribution is 0.0302. The Morgan fingerprint density at radius 3 is 2.45 bits per heavy atom. The molecule has 1 saturated heterocycles. The number of aromatic nitrogens is 1. The van der Waals surface area contributed by atoms with Crippen molar-refractivity contribution < 1.29 is 14.3 Å². The van der Waals surface area contributed by atoms with E-state index in [1.165, 1.54) is 16.8 Å². The molecule has 1 aliphatic heterocycles. The maximum absolute atomic E-state index is 12.8. The van der Waals surface area contributed by atoms with E-state index in [4.69, 9.17) is 4.74 Å². The van der Waals surface area contributed by atoms with Gasteiger partial charge < -0.3 is 19.5 Å². The SMILES string of the molecule is Cn1cc(C(=O)N2CCOCC2)cc(NC(=O)c2ccc3ccccc3c2)c1=O. The van der Waals surface area contributed by atoms with Crippen LogP contribution in [0, 0.1) is 0 Å². The average molecular weight is 391 g/mol. The van der Waals surface area contributed by atoms with Gasteiger partial charge in [0.2, 0.25) is 0 Å². The molecule has 1 aliphatic rings. The highest BCUT2D eigenvalue weighted by atomic mass is 16.5. The summed E-state index contributed by atoms with van der Waals surface area (Å²) in [5.41, 5.74) is 0.487. The molecule has 2 aromatic carbocycles. The highest BCUT2D eigenvalue weighted by Crippen LogP contribution is 2.17. The number of nitrogens with one attached hydrogen (secondary N) is 1. The van der Waals surface area contributed by atoms with Crippen LogP contribution < -0.4 is 10.9 Å².